The van der Waals surface area contributed by atoms with Gasteiger partial charge in [0.05, 0.1) is 12.1 Å². The summed E-state index contributed by atoms with van der Waals surface area (Å²) in [5, 5.41) is 28.9. The van der Waals surface area contributed by atoms with Gasteiger partial charge in [0.2, 0.25) is 0 Å². The zero-order valence-corrected chi connectivity index (χ0v) is 9.88. The number of tetrazole rings is 1. The maximum atomic E-state index is 10.7. The Balaban J connectivity index is 1.83. The molecule has 2 aromatic rings. The van der Waals surface area contributed by atoms with E-state index in [9.17, 15) is 9.90 Å². The molecule has 1 atom stereocenters. The number of benzene rings is 1. The van der Waals surface area contributed by atoms with Gasteiger partial charge in [0.1, 0.15) is 24.8 Å². The Kier molecular flexibility index (Phi) is 4.04. The Hall–Kier alpha value is -2.48. The van der Waals surface area contributed by atoms with Crippen molar-refractivity contribution < 1.29 is 19.7 Å². The number of carbonyl (C=O) groups is 1. The summed E-state index contributed by atoms with van der Waals surface area (Å²) < 4.78 is 6.72. The first-order valence-corrected chi connectivity index (χ1v) is 5.50. The monoisotopic (exact) mass is 264 g/mol. The van der Waals surface area contributed by atoms with Crippen LogP contribution in [0.3, 0.4) is 0 Å². The van der Waals surface area contributed by atoms with E-state index in [0.29, 0.717) is 5.75 Å². The van der Waals surface area contributed by atoms with Crippen LogP contribution in [0.5, 0.6) is 5.75 Å². The minimum absolute atomic E-state index is 0.0618. The largest absolute Gasteiger partial charge is 0.491 e. The van der Waals surface area contributed by atoms with Crippen LogP contribution in [0.4, 0.5) is 0 Å². The van der Waals surface area contributed by atoms with E-state index < -0.39 is 12.1 Å². The summed E-state index contributed by atoms with van der Waals surface area (Å²) in [6.45, 7) is 0.284. The molecule has 1 aromatic carbocycles. The van der Waals surface area contributed by atoms with Crippen molar-refractivity contribution in [3.05, 3.63) is 36.2 Å². The number of ether oxygens (including phenoxy) is 1. The summed E-state index contributed by atoms with van der Waals surface area (Å²) in [5.41, 5.74) is 0.182. The molecule has 0 radical (unpaired) electrons. The van der Waals surface area contributed by atoms with E-state index >= 15 is 0 Å². The van der Waals surface area contributed by atoms with Crippen LogP contribution in [0.1, 0.15) is 10.4 Å². The van der Waals surface area contributed by atoms with Gasteiger partial charge in [-0.25, -0.2) is 9.48 Å². The SMILES string of the molecule is O=C(O)c1ccc(OC[C@H](O)Cn2cnnn2)cc1. The van der Waals surface area contributed by atoms with Gasteiger partial charge >= 0.3 is 5.97 Å². The standard InChI is InChI=1S/C11H12N4O4/c16-9(5-15-7-12-13-14-15)6-19-10-3-1-8(2-4-10)11(17)18/h1-4,7,9,16H,5-6H2,(H,17,18)/t9-/m1/s1. The normalized spacial score (nSPS) is 12.1. The fourth-order valence-corrected chi connectivity index (χ4v) is 1.42. The third kappa shape index (κ3) is 3.75. The maximum absolute atomic E-state index is 10.7. The summed E-state index contributed by atoms with van der Waals surface area (Å²) in [7, 11) is 0. The van der Waals surface area contributed by atoms with Crippen molar-refractivity contribution in [2.24, 2.45) is 0 Å². The van der Waals surface area contributed by atoms with Gasteiger partial charge in [0, 0.05) is 0 Å². The molecule has 0 saturated heterocycles. The van der Waals surface area contributed by atoms with Gasteiger partial charge in [-0.3, -0.25) is 0 Å². The number of aromatic carboxylic acids is 1. The molecular weight excluding hydrogens is 252 g/mol. The van der Waals surface area contributed by atoms with Gasteiger partial charge in [-0.15, -0.1) is 5.10 Å². The van der Waals surface area contributed by atoms with Gasteiger partial charge in [0.15, 0.2) is 0 Å². The van der Waals surface area contributed by atoms with Crippen LogP contribution in [0.15, 0.2) is 30.6 Å². The molecule has 100 valence electrons. The van der Waals surface area contributed by atoms with Crippen molar-refractivity contribution in [1.82, 2.24) is 20.2 Å². The molecule has 2 rings (SSSR count). The van der Waals surface area contributed by atoms with Crippen molar-refractivity contribution in [2.45, 2.75) is 12.6 Å². The summed E-state index contributed by atoms with van der Waals surface area (Å²) in [6, 6.07) is 5.94. The fraction of sp³-hybridized carbons (Fsp3) is 0.273. The molecule has 8 nitrogen and oxygen atoms in total. The van der Waals surface area contributed by atoms with Crippen LogP contribution < -0.4 is 4.74 Å². The Morgan fingerprint density at radius 1 is 1.37 bits per heavy atom. The van der Waals surface area contributed by atoms with Crippen LogP contribution in [-0.2, 0) is 6.54 Å². The van der Waals surface area contributed by atoms with Gasteiger partial charge in [-0.1, -0.05) is 0 Å². The lowest BCUT2D eigenvalue weighted by molar-refractivity contribution is 0.0696. The number of aromatic nitrogens is 4. The minimum Gasteiger partial charge on any atom is -0.491 e. The van der Waals surface area contributed by atoms with Crippen LogP contribution in [-0.4, -0.2) is 49.1 Å². The Morgan fingerprint density at radius 3 is 2.68 bits per heavy atom. The molecule has 0 saturated carbocycles. The van der Waals surface area contributed by atoms with Crippen LogP contribution >= 0.6 is 0 Å². The Morgan fingerprint density at radius 2 is 2.11 bits per heavy atom. The molecule has 0 aliphatic heterocycles. The molecule has 1 aromatic heterocycles. The molecule has 0 aliphatic rings. The predicted molar refractivity (Wildman–Crippen MR) is 62.7 cm³/mol. The minimum atomic E-state index is -0.995. The number of nitrogens with zero attached hydrogens (tertiary/aromatic N) is 4. The third-order valence-corrected chi connectivity index (χ3v) is 2.33. The molecule has 0 fully saturated rings. The Labute approximate surface area is 108 Å². The smallest absolute Gasteiger partial charge is 0.335 e. The van der Waals surface area contributed by atoms with Gasteiger partial charge in [-0.2, -0.15) is 0 Å². The highest BCUT2D eigenvalue weighted by Crippen LogP contribution is 2.12. The molecule has 0 bridgehead atoms. The number of carboxylic acid groups (broad SMARTS) is 1. The predicted octanol–water partition coefficient (Wildman–Crippen LogP) is -0.189. The zero-order chi connectivity index (χ0) is 13.7. The molecule has 1 heterocycles. The van der Waals surface area contributed by atoms with Crippen molar-refractivity contribution in [1.29, 1.82) is 0 Å². The summed E-state index contributed by atoms with van der Waals surface area (Å²) in [5.74, 6) is -0.508. The van der Waals surface area contributed by atoms with Gasteiger partial charge < -0.3 is 14.9 Å². The number of hydrogen-bond donors (Lipinski definition) is 2. The summed E-state index contributed by atoms with van der Waals surface area (Å²) in [4.78, 5) is 10.7. The van der Waals surface area contributed by atoms with Gasteiger partial charge in [-0.05, 0) is 34.7 Å². The number of aliphatic hydroxyl groups is 1. The second kappa shape index (κ2) is 5.91. The van der Waals surface area contributed by atoms with E-state index in [4.69, 9.17) is 9.84 Å². The number of carboxylic acids is 1. The van der Waals surface area contributed by atoms with Crippen molar-refractivity contribution >= 4 is 5.97 Å². The van der Waals surface area contributed by atoms with E-state index in [0.717, 1.165) is 0 Å². The second-order valence-corrected chi connectivity index (χ2v) is 3.83. The lowest BCUT2D eigenvalue weighted by atomic mass is 10.2. The molecule has 19 heavy (non-hydrogen) atoms. The molecule has 0 amide bonds. The second-order valence-electron chi connectivity index (χ2n) is 3.83. The van der Waals surface area contributed by atoms with Crippen LogP contribution in [0.25, 0.3) is 0 Å². The molecule has 0 spiro atoms. The molecule has 2 N–H and O–H groups in total. The van der Waals surface area contributed by atoms with E-state index in [1.54, 1.807) is 0 Å². The highest BCUT2D eigenvalue weighted by molar-refractivity contribution is 5.87. The van der Waals surface area contributed by atoms with E-state index in [1.165, 1.54) is 35.3 Å². The molecular formula is C11H12N4O4. The average Bonchev–Trinajstić information content (AvgIpc) is 2.89. The quantitative estimate of drug-likeness (QED) is 0.744. The Bertz CT molecular complexity index is 526. The first-order chi connectivity index (χ1) is 9.15. The first-order valence-electron chi connectivity index (χ1n) is 5.50. The van der Waals surface area contributed by atoms with E-state index in [2.05, 4.69) is 15.5 Å². The highest BCUT2D eigenvalue weighted by atomic mass is 16.5. The first kappa shape index (κ1) is 13.0. The molecule has 0 aliphatic carbocycles. The van der Waals surface area contributed by atoms with Crippen molar-refractivity contribution in [2.75, 3.05) is 6.61 Å². The highest BCUT2D eigenvalue weighted by Gasteiger charge is 2.08. The van der Waals surface area contributed by atoms with Gasteiger partial charge in [0.25, 0.3) is 0 Å². The van der Waals surface area contributed by atoms with E-state index in [-0.39, 0.29) is 18.7 Å². The number of hydrogen-bond acceptors (Lipinski definition) is 6. The molecule has 0 unspecified atom stereocenters. The third-order valence-electron chi connectivity index (χ3n) is 2.33. The lowest BCUT2D eigenvalue weighted by Gasteiger charge is -2.11. The van der Waals surface area contributed by atoms with Crippen LogP contribution in [0, 0.1) is 0 Å². The summed E-state index contributed by atoms with van der Waals surface area (Å²) >= 11 is 0. The average molecular weight is 264 g/mol. The number of aliphatic hydroxyl groups excluding tert-OH is 1. The molecule has 8 heteroatoms. The zero-order valence-electron chi connectivity index (χ0n) is 9.88. The lowest BCUT2D eigenvalue weighted by Crippen LogP contribution is -2.24. The van der Waals surface area contributed by atoms with E-state index in [1.807, 2.05) is 0 Å². The maximum Gasteiger partial charge on any atom is 0.335 e. The van der Waals surface area contributed by atoms with Crippen LogP contribution in [0.2, 0.25) is 0 Å². The summed E-state index contributed by atoms with van der Waals surface area (Å²) in [6.07, 6.45) is 0.632. The van der Waals surface area contributed by atoms with Crippen molar-refractivity contribution in [3.8, 4) is 5.75 Å². The van der Waals surface area contributed by atoms with Crippen molar-refractivity contribution in [3.63, 3.8) is 0 Å². The number of rotatable bonds is 6. The topological polar surface area (TPSA) is 110 Å². The fourth-order valence-electron chi connectivity index (χ4n) is 1.42.